The van der Waals surface area contributed by atoms with E-state index in [0.29, 0.717) is 24.0 Å². The average molecular weight is 514 g/mol. The lowest BCUT2D eigenvalue weighted by atomic mass is 9.73. The Labute approximate surface area is 210 Å². The molecule has 2 atom stereocenters. The van der Waals surface area contributed by atoms with E-state index in [1.807, 2.05) is 0 Å². The molecule has 0 saturated carbocycles. The predicted octanol–water partition coefficient (Wildman–Crippen LogP) is 8.12. The minimum atomic E-state index is -4.39. The van der Waals surface area contributed by atoms with Crippen LogP contribution in [0.5, 0.6) is 0 Å². The van der Waals surface area contributed by atoms with Crippen LogP contribution in [0.1, 0.15) is 93.2 Å². The van der Waals surface area contributed by atoms with E-state index in [1.165, 1.54) is 18.6 Å². The van der Waals surface area contributed by atoms with Gasteiger partial charge in [0.15, 0.2) is 0 Å². The van der Waals surface area contributed by atoms with Gasteiger partial charge in [-0.25, -0.2) is 4.98 Å². The summed E-state index contributed by atoms with van der Waals surface area (Å²) in [7, 11) is 0. The Morgan fingerprint density at radius 3 is 2.26 bits per heavy atom. The van der Waals surface area contributed by atoms with E-state index >= 15 is 0 Å². The first kappa shape index (κ1) is 29.1. The Bertz CT molecular complexity index is 1000. The monoisotopic (exact) mass is 513 g/mol. The maximum atomic E-state index is 12.8. The number of ether oxygens (including phenoxy) is 1. The number of aliphatic hydroxyl groups excluding tert-OH is 2. The lowest BCUT2D eigenvalue weighted by Gasteiger charge is -2.35. The standard InChI is InChI=1S/C20H19ClF3NO2.C5H12.C2H4O/c1-19(2)7-13-15(14(26)8-19)12-9-27-17(16(12)18(21)25-13)10-3-5-11(6-4-10)20(22,23)24;1-4-5(2)3;1-2-3/h3-6,14,17,26H,7-9H2,1-2H3;5H,4H2,1-3H3;2-3H,1H2. The molecule has 35 heavy (non-hydrogen) atoms. The van der Waals surface area contributed by atoms with E-state index in [1.54, 1.807) is 0 Å². The molecule has 0 radical (unpaired) electrons. The summed E-state index contributed by atoms with van der Waals surface area (Å²) >= 11 is 6.44. The smallest absolute Gasteiger partial charge is 0.416 e. The van der Waals surface area contributed by atoms with Gasteiger partial charge in [-0.05, 0) is 47.4 Å². The molecular formula is C27H35ClF3NO3. The summed E-state index contributed by atoms with van der Waals surface area (Å²) in [6.45, 7) is 14.0. The van der Waals surface area contributed by atoms with Crippen molar-refractivity contribution in [3.63, 3.8) is 0 Å². The quantitative estimate of drug-likeness (QED) is 0.314. The zero-order valence-electron chi connectivity index (χ0n) is 20.9. The molecule has 4 rings (SSSR count). The van der Waals surface area contributed by atoms with Gasteiger partial charge < -0.3 is 14.9 Å². The van der Waals surface area contributed by atoms with Crippen molar-refractivity contribution in [1.29, 1.82) is 0 Å². The van der Waals surface area contributed by atoms with Crippen LogP contribution in [-0.2, 0) is 23.9 Å². The number of aromatic nitrogens is 1. The highest BCUT2D eigenvalue weighted by Gasteiger charge is 2.39. The number of nitrogens with zero attached hydrogens (tertiary/aromatic N) is 1. The Morgan fingerprint density at radius 1 is 1.23 bits per heavy atom. The SMILES string of the molecule is C=CO.CC1(C)Cc2nc(Cl)c3c(c2C(O)C1)COC3c1ccc(C(F)(F)F)cc1.CCC(C)C. The Kier molecular flexibility index (Phi) is 9.79. The van der Waals surface area contributed by atoms with Gasteiger partial charge in [-0.15, -0.1) is 0 Å². The summed E-state index contributed by atoms with van der Waals surface area (Å²) in [5.74, 6) is 0.884. The number of fused-ring (bicyclic) bond motifs is 3. The van der Waals surface area contributed by atoms with Gasteiger partial charge in [0.25, 0.3) is 0 Å². The van der Waals surface area contributed by atoms with E-state index in [2.05, 4.69) is 46.2 Å². The molecule has 1 aromatic heterocycles. The van der Waals surface area contributed by atoms with E-state index < -0.39 is 23.9 Å². The number of hydrogen-bond acceptors (Lipinski definition) is 4. The van der Waals surface area contributed by atoms with Crippen molar-refractivity contribution < 1.29 is 28.1 Å². The molecule has 4 nitrogen and oxygen atoms in total. The molecule has 2 unspecified atom stereocenters. The summed E-state index contributed by atoms with van der Waals surface area (Å²) < 4.78 is 44.3. The molecular weight excluding hydrogens is 479 g/mol. The molecule has 1 aliphatic heterocycles. The highest BCUT2D eigenvalue weighted by atomic mass is 35.5. The molecule has 0 amide bonds. The summed E-state index contributed by atoms with van der Waals surface area (Å²) in [4.78, 5) is 4.51. The molecule has 0 bridgehead atoms. The molecule has 2 heterocycles. The van der Waals surface area contributed by atoms with Crippen LogP contribution in [0.15, 0.2) is 37.1 Å². The van der Waals surface area contributed by atoms with Crippen molar-refractivity contribution in [2.24, 2.45) is 11.3 Å². The number of aliphatic hydroxyl groups is 2. The molecule has 1 aromatic carbocycles. The molecule has 2 aliphatic rings. The number of halogens is 4. The van der Waals surface area contributed by atoms with Gasteiger partial charge in [0.2, 0.25) is 0 Å². The van der Waals surface area contributed by atoms with E-state index in [-0.39, 0.29) is 17.2 Å². The summed E-state index contributed by atoms with van der Waals surface area (Å²) in [6, 6.07) is 4.87. The zero-order chi connectivity index (χ0) is 26.6. The van der Waals surface area contributed by atoms with Crippen LogP contribution >= 0.6 is 11.6 Å². The van der Waals surface area contributed by atoms with Crippen LogP contribution in [-0.4, -0.2) is 15.2 Å². The number of benzene rings is 1. The minimum Gasteiger partial charge on any atom is -0.516 e. The highest BCUT2D eigenvalue weighted by Crippen LogP contribution is 2.48. The maximum Gasteiger partial charge on any atom is 0.416 e. The van der Waals surface area contributed by atoms with Crippen molar-refractivity contribution in [3.8, 4) is 0 Å². The Hall–Kier alpha value is -2.09. The van der Waals surface area contributed by atoms with Crippen LogP contribution in [0.3, 0.4) is 0 Å². The van der Waals surface area contributed by atoms with E-state index in [4.69, 9.17) is 21.4 Å². The molecule has 194 valence electrons. The topological polar surface area (TPSA) is 62.6 Å². The first-order valence-corrected chi connectivity index (χ1v) is 12.1. The van der Waals surface area contributed by atoms with Crippen LogP contribution in [0, 0.1) is 11.3 Å². The third kappa shape index (κ3) is 7.21. The van der Waals surface area contributed by atoms with Crippen molar-refractivity contribution in [2.45, 2.75) is 78.9 Å². The molecule has 1 aliphatic carbocycles. The summed E-state index contributed by atoms with van der Waals surface area (Å²) in [5.41, 5.74) is 2.80. The second kappa shape index (κ2) is 11.8. The predicted molar refractivity (Wildman–Crippen MR) is 132 cm³/mol. The fraction of sp³-hybridized carbons (Fsp3) is 0.519. The van der Waals surface area contributed by atoms with Crippen molar-refractivity contribution in [3.05, 3.63) is 75.8 Å². The van der Waals surface area contributed by atoms with Crippen LogP contribution in [0.2, 0.25) is 5.15 Å². The highest BCUT2D eigenvalue weighted by molar-refractivity contribution is 6.30. The third-order valence-electron chi connectivity index (χ3n) is 6.16. The zero-order valence-corrected chi connectivity index (χ0v) is 21.7. The maximum absolute atomic E-state index is 12.8. The summed E-state index contributed by atoms with van der Waals surface area (Å²) in [5, 5.41) is 18.3. The van der Waals surface area contributed by atoms with Crippen LogP contribution in [0.4, 0.5) is 13.2 Å². The van der Waals surface area contributed by atoms with Crippen molar-refractivity contribution in [2.75, 3.05) is 0 Å². The van der Waals surface area contributed by atoms with Crippen LogP contribution < -0.4 is 0 Å². The van der Waals surface area contributed by atoms with Crippen molar-refractivity contribution in [1.82, 2.24) is 4.98 Å². The Morgan fingerprint density at radius 2 is 1.77 bits per heavy atom. The first-order chi connectivity index (χ1) is 16.3. The van der Waals surface area contributed by atoms with Crippen molar-refractivity contribution >= 4 is 11.6 Å². The van der Waals surface area contributed by atoms with Crippen LogP contribution in [0.25, 0.3) is 0 Å². The summed E-state index contributed by atoms with van der Waals surface area (Å²) in [6.07, 6.45) is -2.26. The van der Waals surface area contributed by atoms with E-state index in [0.717, 1.165) is 41.1 Å². The van der Waals surface area contributed by atoms with Gasteiger partial charge in [0.1, 0.15) is 11.3 Å². The van der Waals surface area contributed by atoms with Gasteiger partial charge in [0.05, 0.1) is 24.5 Å². The number of alkyl halides is 3. The van der Waals surface area contributed by atoms with Gasteiger partial charge >= 0.3 is 6.18 Å². The van der Waals surface area contributed by atoms with Gasteiger partial charge in [-0.3, -0.25) is 0 Å². The van der Waals surface area contributed by atoms with Gasteiger partial charge in [-0.2, -0.15) is 13.2 Å². The molecule has 2 N–H and O–H groups in total. The second-order valence-corrected chi connectivity index (χ2v) is 10.4. The average Bonchev–Trinajstić information content (AvgIpc) is 3.18. The van der Waals surface area contributed by atoms with E-state index in [9.17, 15) is 18.3 Å². The Balaban J connectivity index is 0.000000473. The molecule has 0 fully saturated rings. The molecule has 0 saturated heterocycles. The lowest BCUT2D eigenvalue weighted by Crippen LogP contribution is -2.28. The first-order valence-electron chi connectivity index (χ1n) is 11.7. The minimum absolute atomic E-state index is 0.0801. The molecule has 0 spiro atoms. The second-order valence-electron chi connectivity index (χ2n) is 10.0. The normalized spacial score (nSPS) is 20.1. The number of rotatable bonds is 2. The molecule has 2 aromatic rings. The molecule has 8 heteroatoms. The van der Waals surface area contributed by atoms with Gasteiger partial charge in [-0.1, -0.05) is 71.4 Å². The fourth-order valence-corrected chi connectivity index (χ4v) is 4.46. The fourth-order valence-electron chi connectivity index (χ4n) is 4.14. The number of hydrogen-bond donors (Lipinski definition) is 2. The lowest BCUT2D eigenvalue weighted by molar-refractivity contribution is -0.137. The third-order valence-corrected chi connectivity index (χ3v) is 6.44. The number of pyridine rings is 1. The largest absolute Gasteiger partial charge is 0.516 e. The van der Waals surface area contributed by atoms with Gasteiger partial charge in [0, 0.05) is 16.8 Å².